The third-order valence-electron chi connectivity index (χ3n) is 7.94. The average molecular weight is 556 g/mol. The Morgan fingerprint density at radius 3 is 1.90 bits per heavy atom. The minimum Gasteiger partial charge on any atom is -0.276 e. The van der Waals surface area contributed by atoms with Crippen molar-refractivity contribution in [1.82, 2.24) is 24.5 Å². The summed E-state index contributed by atoms with van der Waals surface area (Å²) >= 11 is 1.81. The first-order valence-corrected chi connectivity index (χ1v) is 14.6. The van der Waals surface area contributed by atoms with Gasteiger partial charge in [0.25, 0.3) is 0 Å². The van der Waals surface area contributed by atoms with Gasteiger partial charge in [0.2, 0.25) is 5.95 Å². The summed E-state index contributed by atoms with van der Waals surface area (Å²) in [5.41, 5.74) is 4.03. The second kappa shape index (κ2) is 9.03. The normalized spacial score (nSPS) is 11.8. The van der Waals surface area contributed by atoms with Crippen molar-refractivity contribution in [1.29, 1.82) is 0 Å². The number of fused-ring (bicyclic) bond motifs is 9. The van der Waals surface area contributed by atoms with E-state index in [1.165, 1.54) is 20.2 Å². The summed E-state index contributed by atoms with van der Waals surface area (Å²) in [4.78, 5) is 19.8. The summed E-state index contributed by atoms with van der Waals surface area (Å²) in [5, 5.41) is 6.98. The van der Waals surface area contributed by atoms with Gasteiger partial charge in [-0.1, -0.05) is 103 Å². The van der Waals surface area contributed by atoms with Crippen molar-refractivity contribution >= 4 is 64.1 Å². The van der Waals surface area contributed by atoms with Crippen molar-refractivity contribution in [3.8, 4) is 28.7 Å². The Balaban J connectivity index is 1.49. The smallest absolute Gasteiger partial charge is 0.238 e. The predicted molar refractivity (Wildman–Crippen MR) is 173 cm³/mol. The lowest BCUT2D eigenvalue weighted by molar-refractivity contribution is 0.957. The standard InChI is InChI=1S/C36H21N5S/c1-3-9-23(10-4-1)34-38-35(24-11-5-2-6-12-24)40-36(39-34)41-31-26(16-15-22-19-20-37-21-29(22)31)27-17-18-28-25-13-7-8-14-30(25)42-33(28)32(27)41/h1-21H. The van der Waals surface area contributed by atoms with E-state index in [0.717, 1.165) is 43.7 Å². The van der Waals surface area contributed by atoms with E-state index in [-0.39, 0.29) is 0 Å². The molecule has 196 valence electrons. The fourth-order valence-electron chi connectivity index (χ4n) is 6.03. The number of benzene rings is 5. The monoisotopic (exact) mass is 555 g/mol. The van der Waals surface area contributed by atoms with Crippen LogP contribution in [0.1, 0.15) is 0 Å². The van der Waals surface area contributed by atoms with Crippen LogP contribution < -0.4 is 0 Å². The molecule has 4 aromatic heterocycles. The van der Waals surface area contributed by atoms with Crippen LogP contribution >= 0.6 is 11.3 Å². The van der Waals surface area contributed by atoms with Crippen LogP contribution in [0.5, 0.6) is 0 Å². The number of pyridine rings is 1. The molecule has 0 aliphatic carbocycles. The van der Waals surface area contributed by atoms with Crippen molar-refractivity contribution in [2.75, 3.05) is 0 Å². The lowest BCUT2D eigenvalue weighted by Crippen LogP contribution is -2.06. The van der Waals surface area contributed by atoms with E-state index in [9.17, 15) is 0 Å². The molecule has 0 atom stereocenters. The molecule has 0 unspecified atom stereocenters. The molecule has 0 saturated heterocycles. The first-order chi connectivity index (χ1) is 20.8. The molecule has 9 aromatic rings. The Hall–Kier alpha value is -5.46. The average Bonchev–Trinajstić information content (AvgIpc) is 3.62. The van der Waals surface area contributed by atoms with E-state index in [2.05, 4.69) is 64.1 Å². The zero-order valence-electron chi connectivity index (χ0n) is 22.3. The SMILES string of the molecule is c1ccc(-c2nc(-c3ccccc3)nc(-n3c4c5cnccc5ccc4c4ccc5c6ccccc6sc5c43)n2)cc1. The molecule has 6 heteroatoms. The van der Waals surface area contributed by atoms with E-state index in [0.29, 0.717) is 17.6 Å². The van der Waals surface area contributed by atoms with Gasteiger partial charge in [-0.25, -0.2) is 4.98 Å². The van der Waals surface area contributed by atoms with E-state index in [1.54, 1.807) is 0 Å². The lowest BCUT2D eigenvalue weighted by Gasteiger charge is -2.12. The number of nitrogens with zero attached hydrogens (tertiary/aromatic N) is 5. The van der Waals surface area contributed by atoms with Crippen molar-refractivity contribution in [3.05, 3.63) is 128 Å². The van der Waals surface area contributed by atoms with Gasteiger partial charge in [0.1, 0.15) is 0 Å². The highest BCUT2D eigenvalue weighted by molar-refractivity contribution is 7.26. The minimum absolute atomic E-state index is 0.587. The Kier molecular flexibility index (Phi) is 5.00. The second-order valence-corrected chi connectivity index (χ2v) is 11.4. The number of rotatable bonds is 3. The maximum Gasteiger partial charge on any atom is 0.238 e. The Labute approximate surface area is 244 Å². The summed E-state index contributed by atoms with van der Waals surface area (Å²) in [6, 6.07) is 39.8. The van der Waals surface area contributed by atoms with Gasteiger partial charge in [-0.05, 0) is 17.5 Å². The third kappa shape index (κ3) is 3.42. The molecule has 5 nitrogen and oxygen atoms in total. The number of thiophene rings is 1. The molecule has 0 spiro atoms. The molecule has 0 aliphatic rings. The van der Waals surface area contributed by atoms with Crippen molar-refractivity contribution in [2.45, 2.75) is 0 Å². The van der Waals surface area contributed by atoms with E-state index in [4.69, 9.17) is 15.0 Å². The molecule has 4 heterocycles. The molecular weight excluding hydrogens is 534 g/mol. The first-order valence-electron chi connectivity index (χ1n) is 13.8. The topological polar surface area (TPSA) is 56.5 Å². The highest BCUT2D eigenvalue weighted by Gasteiger charge is 2.22. The van der Waals surface area contributed by atoms with Crippen LogP contribution in [0.25, 0.3) is 81.5 Å². The fraction of sp³-hybridized carbons (Fsp3) is 0. The highest BCUT2D eigenvalue weighted by Crippen LogP contribution is 2.44. The molecule has 0 bridgehead atoms. The van der Waals surface area contributed by atoms with E-state index in [1.807, 2.05) is 84.4 Å². The quantitative estimate of drug-likeness (QED) is 0.218. The van der Waals surface area contributed by atoms with Gasteiger partial charge < -0.3 is 0 Å². The van der Waals surface area contributed by atoms with Gasteiger partial charge in [0.05, 0.1) is 15.7 Å². The van der Waals surface area contributed by atoms with E-state index < -0.39 is 0 Å². The Morgan fingerprint density at radius 2 is 1.14 bits per heavy atom. The summed E-state index contributed by atoms with van der Waals surface area (Å²) in [5.74, 6) is 1.86. The fourth-order valence-corrected chi connectivity index (χ4v) is 7.27. The molecule has 0 saturated carbocycles. The number of hydrogen-bond donors (Lipinski definition) is 0. The molecule has 5 aromatic carbocycles. The summed E-state index contributed by atoms with van der Waals surface area (Å²) in [7, 11) is 0. The van der Waals surface area contributed by atoms with Crippen LogP contribution in [0, 0.1) is 0 Å². The van der Waals surface area contributed by atoms with Crippen molar-refractivity contribution in [3.63, 3.8) is 0 Å². The zero-order valence-corrected chi connectivity index (χ0v) is 23.1. The molecule has 0 aliphatic heterocycles. The predicted octanol–water partition coefficient (Wildman–Crippen LogP) is 9.22. The molecule has 9 rings (SSSR count). The molecule has 0 radical (unpaired) electrons. The first kappa shape index (κ1) is 23.3. The third-order valence-corrected chi connectivity index (χ3v) is 9.13. The second-order valence-electron chi connectivity index (χ2n) is 10.3. The minimum atomic E-state index is 0.587. The van der Waals surface area contributed by atoms with Crippen LogP contribution in [0.3, 0.4) is 0 Å². The van der Waals surface area contributed by atoms with Crippen LogP contribution in [0.2, 0.25) is 0 Å². The number of hydrogen-bond acceptors (Lipinski definition) is 5. The molecular formula is C36H21N5S. The molecule has 0 fully saturated rings. The van der Waals surface area contributed by atoms with Gasteiger partial charge >= 0.3 is 0 Å². The van der Waals surface area contributed by atoms with Gasteiger partial charge in [-0.2, -0.15) is 9.97 Å². The maximum absolute atomic E-state index is 5.16. The molecule has 0 amide bonds. The molecule has 0 N–H and O–H groups in total. The lowest BCUT2D eigenvalue weighted by atomic mass is 10.1. The molecule has 42 heavy (non-hydrogen) atoms. The number of aromatic nitrogens is 5. The summed E-state index contributed by atoms with van der Waals surface area (Å²) < 4.78 is 4.71. The Bertz CT molecular complexity index is 2400. The van der Waals surface area contributed by atoms with Crippen LogP contribution in [-0.4, -0.2) is 24.5 Å². The van der Waals surface area contributed by atoms with Crippen LogP contribution in [0.4, 0.5) is 0 Å². The largest absolute Gasteiger partial charge is 0.276 e. The highest BCUT2D eigenvalue weighted by atomic mass is 32.1. The van der Waals surface area contributed by atoms with Crippen molar-refractivity contribution < 1.29 is 0 Å². The van der Waals surface area contributed by atoms with E-state index >= 15 is 0 Å². The maximum atomic E-state index is 5.16. The van der Waals surface area contributed by atoms with Crippen molar-refractivity contribution in [2.24, 2.45) is 0 Å². The zero-order chi connectivity index (χ0) is 27.6. The Morgan fingerprint density at radius 1 is 0.500 bits per heavy atom. The van der Waals surface area contributed by atoms with Gasteiger partial charge in [0.15, 0.2) is 11.6 Å². The summed E-state index contributed by atoms with van der Waals surface area (Å²) in [6.07, 6.45) is 3.79. The summed E-state index contributed by atoms with van der Waals surface area (Å²) in [6.45, 7) is 0. The van der Waals surface area contributed by atoms with Crippen LogP contribution in [0.15, 0.2) is 128 Å². The van der Waals surface area contributed by atoms with Gasteiger partial charge in [-0.3, -0.25) is 9.55 Å². The van der Waals surface area contributed by atoms with Gasteiger partial charge in [-0.15, -0.1) is 11.3 Å². The van der Waals surface area contributed by atoms with Gasteiger partial charge in [0, 0.05) is 55.2 Å². The van der Waals surface area contributed by atoms with Crippen LogP contribution in [-0.2, 0) is 0 Å².